The monoisotopic (exact) mass is 1030 g/mol. The molecule has 2 aliphatic rings. The lowest BCUT2D eigenvalue weighted by molar-refractivity contribution is 0.136. The number of aryl methyl sites for hydroxylation is 4. The summed E-state index contributed by atoms with van der Waals surface area (Å²) in [5, 5.41) is 31.9. The molecule has 0 bridgehead atoms. The topological polar surface area (TPSA) is 128 Å². The van der Waals surface area contributed by atoms with Gasteiger partial charge in [0.15, 0.2) is 0 Å². The fourth-order valence-electron chi connectivity index (χ4n) is 8.78. The highest BCUT2D eigenvalue weighted by atomic mass is 127. The summed E-state index contributed by atoms with van der Waals surface area (Å²) in [6.07, 6.45) is 14.2. The maximum absolute atomic E-state index is 13.8. The number of nitrogens with zero attached hydrogens (tertiary/aromatic N) is 2. The van der Waals surface area contributed by atoms with Gasteiger partial charge in [-0.15, -0.1) is 0 Å². The van der Waals surface area contributed by atoms with Crippen LogP contribution in [0.3, 0.4) is 0 Å². The van der Waals surface area contributed by atoms with E-state index in [0.29, 0.717) is 24.2 Å². The van der Waals surface area contributed by atoms with Crippen LogP contribution in [-0.4, -0.2) is 57.6 Å². The highest BCUT2D eigenvalue weighted by molar-refractivity contribution is 14.1. The normalized spacial score (nSPS) is 17.0. The fourth-order valence-corrected chi connectivity index (χ4v) is 9.10. The lowest BCUT2D eigenvalue weighted by Crippen LogP contribution is -2.44. The summed E-state index contributed by atoms with van der Waals surface area (Å²) in [5.74, 6) is -2.50. The van der Waals surface area contributed by atoms with Crippen LogP contribution in [0.1, 0.15) is 96.1 Å². The van der Waals surface area contributed by atoms with Crippen molar-refractivity contribution in [1.82, 2.24) is 20.6 Å². The molecule has 6 aromatic rings. The summed E-state index contributed by atoms with van der Waals surface area (Å²) in [6, 6.07) is 27.1. The SMILES string of the molecule is CCc1ccc2c(c1)[C@@H](NC[C@@H](O)[C@@H](N)Cc1cc(F)cc(F)c1)CCC2.CCc1ccc2c(c1)[C@@H](NC[C@@H](O)[C@H](Cc1cc(F)cc(F)c1)Nc1ccncc1)CCC2.Ic1ccncc1. The second kappa shape index (κ2) is 26.1. The van der Waals surface area contributed by atoms with Gasteiger partial charge in [0.1, 0.15) is 23.3 Å². The number of aliphatic hydroxyl groups is 2. The van der Waals surface area contributed by atoms with Crippen LogP contribution in [0.5, 0.6) is 0 Å². The first kappa shape index (κ1) is 51.6. The summed E-state index contributed by atoms with van der Waals surface area (Å²) >= 11 is 2.24. The number of halogens is 5. The largest absolute Gasteiger partial charge is 0.390 e. The predicted molar refractivity (Wildman–Crippen MR) is 268 cm³/mol. The Morgan fingerprint density at radius 3 is 1.49 bits per heavy atom. The predicted octanol–water partition coefficient (Wildman–Crippen LogP) is 10.1. The third-order valence-corrected chi connectivity index (χ3v) is 13.1. The van der Waals surface area contributed by atoms with Crippen LogP contribution in [0.15, 0.2) is 122 Å². The molecule has 0 aliphatic heterocycles. The van der Waals surface area contributed by atoms with Crippen molar-refractivity contribution in [2.75, 3.05) is 18.4 Å². The molecule has 0 fully saturated rings. The Balaban J connectivity index is 0.000000195. The molecular formula is C54H63F4IN6O2. The number of aromatic nitrogens is 2. The molecule has 8 rings (SSSR count). The highest BCUT2D eigenvalue weighted by Gasteiger charge is 2.26. The Labute approximate surface area is 406 Å². The Morgan fingerprint density at radius 1 is 0.597 bits per heavy atom. The lowest BCUT2D eigenvalue weighted by Gasteiger charge is -2.31. The number of aliphatic hydroxyl groups excluding tert-OH is 2. The highest BCUT2D eigenvalue weighted by Crippen LogP contribution is 2.32. The van der Waals surface area contributed by atoms with Crippen molar-refractivity contribution in [3.8, 4) is 0 Å². The zero-order valence-corrected chi connectivity index (χ0v) is 40.4. The van der Waals surface area contributed by atoms with Crippen LogP contribution in [0.4, 0.5) is 23.2 Å². The quantitative estimate of drug-likeness (QED) is 0.0418. The Hall–Kier alpha value is -4.77. The number of nitrogens with two attached hydrogens (primary N) is 1. The van der Waals surface area contributed by atoms with Gasteiger partial charge in [-0.3, -0.25) is 9.97 Å². The van der Waals surface area contributed by atoms with Gasteiger partial charge >= 0.3 is 0 Å². The maximum atomic E-state index is 13.8. The van der Waals surface area contributed by atoms with E-state index in [1.807, 2.05) is 24.3 Å². The first-order valence-electron chi connectivity index (χ1n) is 23.3. The van der Waals surface area contributed by atoms with Gasteiger partial charge in [-0.25, -0.2) is 17.6 Å². The molecule has 2 heterocycles. The third-order valence-electron chi connectivity index (χ3n) is 12.4. The van der Waals surface area contributed by atoms with Crippen molar-refractivity contribution < 1.29 is 27.8 Å². The number of hydrogen-bond acceptors (Lipinski definition) is 8. The van der Waals surface area contributed by atoms with Gasteiger partial charge in [0.2, 0.25) is 0 Å². The molecule has 4 aromatic carbocycles. The van der Waals surface area contributed by atoms with E-state index in [1.165, 1.54) is 61.2 Å². The van der Waals surface area contributed by atoms with Crippen molar-refractivity contribution in [3.05, 3.63) is 193 Å². The van der Waals surface area contributed by atoms with Crippen LogP contribution in [0, 0.1) is 26.8 Å². The summed E-state index contributed by atoms with van der Waals surface area (Å²) in [7, 11) is 0. The van der Waals surface area contributed by atoms with Gasteiger partial charge in [-0.2, -0.15) is 0 Å². The van der Waals surface area contributed by atoms with Gasteiger partial charge in [0, 0.05) is 77.4 Å². The number of fused-ring (bicyclic) bond motifs is 2. The number of benzene rings is 4. The minimum absolute atomic E-state index is 0.183. The number of anilines is 1. The number of pyridine rings is 2. The lowest BCUT2D eigenvalue weighted by atomic mass is 9.86. The molecule has 6 atom stereocenters. The van der Waals surface area contributed by atoms with E-state index in [1.54, 1.807) is 24.8 Å². The molecule has 2 aromatic heterocycles. The van der Waals surface area contributed by atoms with Crippen LogP contribution in [0.2, 0.25) is 0 Å². The molecule has 7 N–H and O–H groups in total. The minimum Gasteiger partial charge on any atom is -0.390 e. The average Bonchev–Trinajstić information content (AvgIpc) is 3.32. The molecule has 0 saturated carbocycles. The zero-order valence-electron chi connectivity index (χ0n) is 38.3. The molecule has 67 heavy (non-hydrogen) atoms. The van der Waals surface area contributed by atoms with E-state index in [4.69, 9.17) is 5.73 Å². The summed E-state index contributed by atoms with van der Waals surface area (Å²) < 4.78 is 55.4. The number of hydrogen-bond donors (Lipinski definition) is 6. The Bertz CT molecular complexity index is 2410. The van der Waals surface area contributed by atoms with E-state index >= 15 is 0 Å². The number of nitrogens with one attached hydrogen (secondary N) is 3. The van der Waals surface area contributed by atoms with Crippen molar-refractivity contribution in [3.63, 3.8) is 0 Å². The van der Waals surface area contributed by atoms with Crippen LogP contribution in [-0.2, 0) is 38.5 Å². The molecule has 0 amide bonds. The van der Waals surface area contributed by atoms with Gasteiger partial charge < -0.3 is 31.9 Å². The van der Waals surface area contributed by atoms with Crippen molar-refractivity contribution in [1.29, 1.82) is 0 Å². The second-order valence-corrected chi connectivity index (χ2v) is 18.6. The molecule has 0 saturated heterocycles. The molecular weight excluding hydrogens is 968 g/mol. The smallest absolute Gasteiger partial charge is 0.126 e. The summed E-state index contributed by atoms with van der Waals surface area (Å²) in [4.78, 5) is 7.86. The Morgan fingerprint density at radius 2 is 1.04 bits per heavy atom. The third kappa shape index (κ3) is 16.2. The molecule has 0 unspecified atom stereocenters. The summed E-state index contributed by atoms with van der Waals surface area (Å²) in [6.45, 7) is 5.01. The molecule has 2 aliphatic carbocycles. The van der Waals surface area contributed by atoms with Gasteiger partial charge in [0.25, 0.3) is 0 Å². The Kier molecular flexibility index (Phi) is 20.1. The molecule has 0 radical (unpaired) electrons. The molecule has 356 valence electrons. The van der Waals surface area contributed by atoms with Gasteiger partial charge in [-0.1, -0.05) is 50.2 Å². The van der Waals surface area contributed by atoms with E-state index in [-0.39, 0.29) is 24.9 Å². The summed E-state index contributed by atoms with van der Waals surface area (Å²) in [5.41, 5.74) is 15.8. The van der Waals surface area contributed by atoms with Crippen molar-refractivity contribution in [2.24, 2.45) is 5.73 Å². The standard InChI is InChI=1S/C27H31F2N3O.C22H28F2N2O.C5H4IN/c1-2-18-6-7-20-4-3-5-25(24(20)14-18)31-17-27(33)26(32-23-8-10-30-11-9-23)15-19-12-21(28)16-22(29)13-19;1-2-14-6-7-16-4-3-5-21(19(16)10-14)26-13-22(27)20(25)11-15-8-17(23)12-18(24)9-15;6-5-1-3-7-4-2-5/h6-14,16,25-27,31,33H,2-5,15,17H2,1H3,(H,30,32);6-10,12,20-22,26-27H,2-5,11,13,25H2,1H3;1-4H/t25-,26-,27+;20-,21-,22+;/m00./s1. The van der Waals surface area contributed by atoms with E-state index in [9.17, 15) is 27.8 Å². The maximum Gasteiger partial charge on any atom is 0.126 e. The molecule has 13 heteroatoms. The van der Waals surface area contributed by atoms with Gasteiger partial charge in [-0.05, 0) is 180 Å². The van der Waals surface area contributed by atoms with Crippen molar-refractivity contribution in [2.45, 2.75) is 114 Å². The van der Waals surface area contributed by atoms with Crippen LogP contribution >= 0.6 is 22.6 Å². The van der Waals surface area contributed by atoms with E-state index < -0.39 is 47.6 Å². The van der Waals surface area contributed by atoms with Crippen LogP contribution < -0.4 is 21.7 Å². The van der Waals surface area contributed by atoms with Crippen molar-refractivity contribution >= 4 is 28.3 Å². The fraction of sp³-hybridized carbons (Fsp3) is 0.370. The second-order valence-electron chi connectivity index (χ2n) is 17.4. The zero-order chi connectivity index (χ0) is 47.7. The molecule has 8 nitrogen and oxygen atoms in total. The van der Waals surface area contributed by atoms with E-state index in [0.717, 1.165) is 69.2 Å². The van der Waals surface area contributed by atoms with E-state index in [2.05, 4.69) is 98.8 Å². The molecule has 0 spiro atoms. The average molecular weight is 1030 g/mol. The minimum atomic E-state index is -0.795. The van der Waals surface area contributed by atoms with Gasteiger partial charge in [0.05, 0.1) is 18.2 Å². The first-order chi connectivity index (χ1) is 32.4. The number of rotatable bonds is 16. The van der Waals surface area contributed by atoms with Crippen LogP contribution in [0.25, 0.3) is 0 Å². The first-order valence-corrected chi connectivity index (χ1v) is 24.4.